The molecule has 1 aliphatic rings. The van der Waals surface area contributed by atoms with Crippen molar-refractivity contribution >= 4 is 27.3 Å². The Labute approximate surface area is 202 Å². The predicted molar refractivity (Wildman–Crippen MR) is 126 cm³/mol. The van der Waals surface area contributed by atoms with Gasteiger partial charge in [0.15, 0.2) is 11.5 Å². The van der Waals surface area contributed by atoms with Crippen LogP contribution in [0, 0.1) is 11.6 Å². The van der Waals surface area contributed by atoms with Crippen LogP contribution >= 0.6 is 11.6 Å². The zero-order valence-corrected chi connectivity index (χ0v) is 20.2. The fourth-order valence-electron chi connectivity index (χ4n) is 3.77. The fraction of sp³-hybridized carbons (Fsp3) is 0.250. The van der Waals surface area contributed by atoms with Crippen molar-refractivity contribution in [3.8, 4) is 11.5 Å². The number of ether oxygens (including phenoxy) is 2. The standard InChI is InChI=1S/C24H23ClF2N2O4S/c1-32-23-10-8-18(15-24(23)33-2)34(30,31)29(28-11-4-12-28)22-9-7-17(25)13-16(22)14-19-20(26)5-3-6-21(19)27/h3,5-10,13,15H,4,11-12,14H2,1-2H3. The highest BCUT2D eigenvalue weighted by molar-refractivity contribution is 7.92. The molecule has 0 radical (unpaired) electrons. The zero-order valence-electron chi connectivity index (χ0n) is 18.6. The van der Waals surface area contributed by atoms with Gasteiger partial charge in [-0.15, -0.1) is 0 Å². The van der Waals surface area contributed by atoms with E-state index in [1.807, 2.05) is 0 Å². The highest BCUT2D eigenvalue weighted by atomic mass is 35.5. The summed E-state index contributed by atoms with van der Waals surface area (Å²) in [4.78, 5) is -0.0185. The molecule has 3 aromatic carbocycles. The molecular weight excluding hydrogens is 486 g/mol. The van der Waals surface area contributed by atoms with Crippen LogP contribution in [-0.4, -0.2) is 40.7 Å². The van der Waals surface area contributed by atoms with E-state index in [1.54, 1.807) is 17.1 Å². The van der Waals surface area contributed by atoms with Crippen LogP contribution in [0.2, 0.25) is 5.02 Å². The number of hydrogen-bond donors (Lipinski definition) is 0. The number of rotatable bonds is 8. The zero-order chi connectivity index (χ0) is 24.5. The molecule has 10 heteroatoms. The summed E-state index contributed by atoms with van der Waals surface area (Å²) >= 11 is 6.20. The van der Waals surface area contributed by atoms with Gasteiger partial charge in [0.2, 0.25) is 0 Å². The Bertz CT molecular complexity index is 1300. The van der Waals surface area contributed by atoms with Crippen LogP contribution in [-0.2, 0) is 16.4 Å². The molecule has 0 unspecified atom stereocenters. The number of nitrogens with zero attached hydrogens (tertiary/aromatic N) is 2. The van der Waals surface area contributed by atoms with Gasteiger partial charge in [-0.2, -0.15) is 12.8 Å². The van der Waals surface area contributed by atoms with Crippen LogP contribution in [0.5, 0.6) is 11.5 Å². The molecular formula is C24H23ClF2N2O4S. The minimum absolute atomic E-state index is 0.0185. The highest BCUT2D eigenvalue weighted by Crippen LogP contribution is 2.37. The molecule has 0 amide bonds. The lowest BCUT2D eigenvalue weighted by Crippen LogP contribution is -2.53. The van der Waals surface area contributed by atoms with Gasteiger partial charge in [0.25, 0.3) is 10.0 Å². The van der Waals surface area contributed by atoms with Crippen molar-refractivity contribution in [1.29, 1.82) is 0 Å². The van der Waals surface area contributed by atoms with E-state index in [0.717, 1.165) is 18.6 Å². The van der Waals surface area contributed by atoms with Gasteiger partial charge in [-0.1, -0.05) is 17.7 Å². The molecule has 34 heavy (non-hydrogen) atoms. The Balaban J connectivity index is 1.85. The number of halogens is 3. The maximum absolute atomic E-state index is 14.4. The predicted octanol–water partition coefficient (Wildman–Crippen LogP) is 5.04. The second-order valence-corrected chi connectivity index (χ2v) is 9.93. The molecule has 1 saturated heterocycles. The van der Waals surface area contributed by atoms with Gasteiger partial charge in [0.1, 0.15) is 11.6 Å². The van der Waals surface area contributed by atoms with Crippen LogP contribution in [0.3, 0.4) is 0 Å². The number of benzene rings is 3. The molecule has 1 heterocycles. The molecule has 0 aliphatic carbocycles. The first-order chi connectivity index (χ1) is 16.3. The minimum atomic E-state index is -4.13. The molecule has 1 fully saturated rings. The van der Waals surface area contributed by atoms with Crippen molar-refractivity contribution in [2.24, 2.45) is 0 Å². The van der Waals surface area contributed by atoms with Crippen LogP contribution < -0.4 is 13.9 Å². The van der Waals surface area contributed by atoms with E-state index in [1.165, 1.54) is 49.0 Å². The van der Waals surface area contributed by atoms with Crippen LogP contribution in [0.15, 0.2) is 59.5 Å². The Morgan fingerprint density at radius 1 is 0.971 bits per heavy atom. The van der Waals surface area contributed by atoms with Gasteiger partial charge in [-0.05, 0) is 54.4 Å². The summed E-state index contributed by atoms with van der Waals surface area (Å²) in [6, 6.07) is 12.6. The summed E-state index contributed by atoms with van der Waals surface area (Å²) in [7, 11) is -1.25. The van der Waals surface area contributed by atoms with E-state index in [2.05, 4.69) is 0 Å². The van der Waals surface area contributed by atoms with Crippen molar-refractivity contribution in [3.63, 3.8) is 0 Å². The monoisotopic (exact) mass is 508 g/mol. The SMILES string of the molecule is COc1ccc(S(=O)(=O)N(c2ccc(Cl)cc2Cc2c(F)cccc2F)N2CCC2)cc1OC. The van der Waals surface area contributed by atoms with E-state index in [0.29, 0.717) is 29.4 Å². The van der Waals surface area contributed by atoms with Crippen molar-refractivity contribution in [3.05, 3.63) is 82.4 Å². The summed E-state index contributed by atoms with van der Waals surface area (Å²) in [5.41, 5.74) is 0.465. The molecule has 6 nitrogen and oxygen atoms in total. The van der Waals surface area contributed by atoms with E-state index in [9.17, 15) is 17.2 Å². The van der Waals surface area contributed by atoms with Crippen LogP contribution in [0.1, 0.15) is 17.5 Å². The summed E-state index contributed by atoms with van der Waals surface area (Å²) < 4.78 is 68.3. The normalized spacial score (nSPS) is 13.9. The number of hydrogen-bond acceptors (Lipinski definition) is 5. The van der Waals surface area contributed by atoms with Gasteiger partial charge >= 0.3 is 0 Å². The van der Waals surface area contributed by atoms with Gasteiger partial charge < -0.3 is 9.47 Å². The lowest BCUT2D eigenvalue weighted by molar-refractivity contribution is 0.192. The smallest absolute Gasteiger partial charge is 0.278 e. The molecule has 0 atom stereocenters. The summed E-state index contributed by atoms with van der Waals surface area (Å²) in [5, 5.41) is 1.99. The number of sulfonamides is 1. The molecule has 0 saturated carbocycles. The first-order valence-electron chi connectivity index (χ1n) is 10.5. The second-order valence-electron chi connectivity index (χ2n) is 7.72. The number of anilines is 1. The lowest BCUT2D eigenvalue weighted by Gasteiger charge is -2.41. The fourth-order valence-corrected chi connectivity index (χ4v) is 5.56. The Morgan fingerprint density at radius 2 is 1.65 bits per heavy atom. The van der Waals surface area contributed by atoms with Gasteiger partial charge in [-0.25, -0.2) is 13.8 Å². The third-order valence-electron chi connectivity index (χ3n) is 5.65. The molecule has 4 rings (SSSR count). The van der Waals surface area contributed by atoms with E-state index >= 15 is 0 Å². The Morgan fingerprint density at radius 3 is 2.24 bits per heavy atom. The van der Waals surface area contributed by atoms with Crippen LogP contribution in [0.4, 0.5) is 14.5 Å². The molecule has 0 N–H and O–H groups in total. The summed E-state index contributed by atoms with van der Waals surface area (Å²) in [5.74, 6) is -0.788. The Hall–Kier alpha value is -2.88. The van der Waals surface area contributed by atoms with E-state index in [4.69, 9.17) is 21.1 Å². The third-order valence-corrected chi connectivity index (χ3v) is 7.61. The van der Waals surface area contributed by atoms with Crippen LogP contribution in [0.25, 0.3) is 0 Å². The number of hydrazine groups is 1. The molecule has 0 spiro atoms. The first-order valence-corrected chi connectivity index (χ1v) is 12.3. The van der Waals surface area contributed by atoms with Crippen molar-refractivity contribution in [2.45, 2.75) is 17.7 Å². The summed E-state index contributed by atoms with van der Waals surface area (Å²) in [6.45, 7) is 1.01. The van der Waals surface area contributed by atoms with Gasteiger partial charge in [0.05, 0.1) is 24.8 Å². The average molecular weight is 509 g/mol. The second kappa shape index (κ2) is 9.77. The topological polar surface area (TPSA) is 59.1 Å². The lowest BCUT2D eigenvalue weighted by atomic mass is 10.0. The molecule has 0 bridgehead atoms. The van der Waals surface area contributed by atoms with Crippen molar-refractivity contribution in [2.75, 3.05) is 31.7 Å². The largest absolute Gasteiger partial charge is 0.493 e. The molecule has 3 aromatic rings. The maximum atomic E-state index is 14.4. The molecule has 0 aromatic heterocycles. The van der Waals surface area contributed by atoms with Gasteiger partial charge in [0, 0.05) is 36.2 Å². The minimum Gasteiger partial charge on any atom is -0.493 e. The van der Waals surface area contributed by atoms with Gasteiger partial charge in [-0.3, -0.25) is 0 Å². The average Bonchev–Trinajstić information content (AvgIpc) is 2.78. The van der Waals surface area contributed by atoms with Crippen molar-refractivity contribution in [1.82, 2.24) is 5.01 Å². The van der Waals surface area contributed by atoms with E-state index in [-0.39, 0.29) is 28.3 Å². The summed E-state index contributed by atoms with van der Waals surface area (Å²) in [6.07, 6.45) is 0.628. The number of methoxy groups -OCH3 is 2. The molecule has 180 valence electrons. The maximum Gasteiger partial charge on any atom is 0.278 e. The quantitative estimate of drug-likeness (QED) is 0.426. The highest BCUT2D eigenvalue weighted by Gasteiger charge is 2.35. The van der Waals surface area contributed by atoms with E-state index < -0.39 is 21.7 Å². The molecule has 1 aliphatic heterocycles. The third kappa shape index (κ3) is 4.55. The Kier molecular flexibility index (Phi) is 6.97. The first kappa shape index (κ1) is 24.3. The van der Waals surface area contributed by atoms with Crippen molar-refractivity contribution < 1.29 is 26.7 Å².